The molecule has 0 saturated carbocycles. The molecule has 1 N–H and O–H groups in total. The molecule has 0 aromatic carbocycles. The first-order valence-corrected chi connectivity index (χ1v) is 6.27. The number of hydrogen-bond donors (Lipinski definition) is 1. The fourth-order valence-corrected chi connectivity index (χ4v) is 2.02. The van der Waals surface area contributed by atoms with Crippen LogP contribution in [0, 0.1) is 6.92 Å². The van der Waals surface area contributed by atoms with Gasteiger partial charge in [0.15, 0.2) is 5.82 Å². The molecular weight excluding hydrogens is 268 g/mol. The molecule has 0 atom stereocenters. The highest BCUT2D eigenvalue weighted by Crippen LogP contribution is 2.14. The topological polar surface area (TPSA) is 98.0 Å². The smallest absolute Gasteiger partial charge is 0.266 e. The number of halogens is 1. The van der Waals surface area contributed by atoms with Crippen molar-refractivity contribution in [3.8, 4) is 0 Å². The van der Waals surface area contributed by atoms with E-state index in [0.29, 0.717) is 5.76 Å². The summed E-state index contributed by atoms with van der Waals surface area (Å²) in [7, 11) is -3.77. The molecule has 17 heavy (non-hydrogen) atoms. The number of aryl methyl sites for hydroxylation is 1. The van der Waals surface area contributed by atoms with Crippen molar-refractivity contribution < 1.29 is 12.9 Å². The van der Waals surface area contributed by atoms with Crippen molar-refractivity contribution >= 4 is 27.4 Å². The van der Waals surface area contributed by atoms with Crippen molar-refractivity contribution in [3.63, 3.8) is 0 Å². The second kappa shape index (κ2) is 4.30. The molecule has 0 aliphatic rings. The lowest BCUT2D eigenvalue weighted by molar-refractivity contribution is 0.400. The van der Waals surface area contributed by atoms with Gasteiger partial charge >= 0.3 is 0 Å². The Morgan fingerprint density at radius 3 is 2.53 bits per heavy atom. The van der Waals surface area contributed by atoms with Gasteiger partial charge in [0.05, 0.1) is 12.4 Å². The summed E-state index contributed by atoms with van der Waals surface area (Å²) in [5.41, 5.74) is 0. The first-order valence-electron chi connectivity index (χ1n) is 4.41. The lowest BCUT2D eigenvalue weighted by Crippen LogP contribution is -2.13. The number of hydrogen-bond acceptors (Lipinski definition) is 6. The molecule has 0 unspecified atom stereocenters. The number of nitrogens with one attached hydrogen (secondary N) is 1. The highest BCUT2D eigenvalue weighted by atomic mass is 35.5. The largest absolute Gasteiger partial charge is 0.360 e. The minimum Gasteiger partial charge on any atom is -0.360 e. The zero-order chi connectivity index (χ0) is 12.5. The number of anilines is 1. The monoisotopic (exact) mass is 274 g/mol. The van der Waals surface area contributed by atoms with Gasteiger partial charge < -0.3 is 4.52 Å². The molecule has 0 spiro atoms. The highest BCUT2D eigenvalue weighted by Gasteiger charge is 2.17. The molecule has 0 aliphatic carbocycles. The summed E-state index contributed by atoms with van der Waals surface area (Å²) in [5.74, 6) is 0.590. The van der Waals surface area contributed by atoms with Crippen LogP contribution in [-0.2, 0) is 10.0 Å². The van der Waals surface area contributed by atoms with Crippen LogP contribution in [0.15, 0.2) is 27.9 Å². The number of rotatable bonds is 3. The fraction of sp³-hybridized carbons (Fsp3) is 0.125. The first-order chi connectivity index (χ1) is 7.97. The van der Waals surface area contributed by atoms with Gasteiger partial charge in [-0.05, 0) is 18.5 Å². The molecule has 2 heterocycles. The number of sulfonamides is 1. The van der Waals surface area contributed by atoms with Crippen LogP contribution in [0.25, 0.3) is 0 Å². The van der Waals surface area contributed by atoms with Crippen molar-refractivity contribution in [1.29, 1.82) is 0 Å². The third-order valence-electron chi connectivity index (χ3n) is 1.77. The van der Waals surface area contributed by atoms with E-state index in [0.717, 1.165) is 12.4 Å². The molecule has 0 amide bonds. The summed E-state index contributed by atoms with van der Waals surface area (Å²) in [5, 5.41) is 3.49. The maximum Gasteiger partial charge on any atom is 0.266 e. The predicted octanol–water partition coefficient (Wildman–Crippen LogP) is 1.23. The van der Waals surface area contributed by atoms with E-state index in [2.05, 4.69) is 19.8 Å². The van der Waals surface area contributed by atoms with Crippen molar-refractivity contribution in [1.82, 2.24) is 15.1 Å². The molecule has 7 nitrogen and oxygen atoms in total. The van der Waals surface area contributed by atoms with E-state index in [4.69, 9.17) is 16.1 Å². The SMILES string of the molecule is Cc1cc(NS(=O)(=O)c2cnc(Cl)nc2)no1. The zero-order valence-corrected chi connectivity index (χ0v) is 10.2. The minimum absolute atomic E-state index is 0.0266. The van der Waals surface area contributed by atoms with Gasteiger partial charge in [-0.1, -0.05) is 5.16 Å². The Morgan fingerprint density at radius 1 is 1.35 bits per heavy atom. The van der Waals surface area contributed by atoms with Crippen LogP contribution in [0.3, 0.4) is 0 Å². The van der Waals surface area contributed by atoms with Crippen LogP contribution in [0.4, 0.5) is 5.82 Å². The Bertz CT molecular complexity index is 622. The molecule has 0 radical (unpaired) electrons. The van der Waals surface area contributed by atoms with Crippen LogP contribution in [0.5, 0.6) is 0 Å². The van der Waals surface area contributed by atoms with Crippen molar-refractivity contribution in [2.45, 2.75) is 11.8 Å². The van der Waals surface area contributed by atoms with Gasteiger partial charge in [0.25, 0.3) is 10.0 Å². The predicted molar refractivity (Wildman–Crippen MR) is 59.1 cm³/mol. The average molecular weight is 275 g/mol. The van der Waals surface area contributed by atoms with E-state index in [9.17, 15) is 8.42 Å². The lowest BCUT2D eigenvalue weighted by atomic mass is 10.5. The van der Waals surface area contributed by atoms with E-state index in [1.54, 1.807) is 6.92 Å². The van der Waals surface area contributed by atoms with E-state index in [1.165, 1.54) is 6.07 Å². The summed E-state index contributed by atoms with van der Waals surface area (Å²) in [6.07, 6.45) is 2.20. The molecule has 2 aromatic heterocycles. The van der Waals surface area contributed by atoms with E-state index in [-0.39, 0.29) is 16.0 Å². The standard InChI is InChI=1S/C8H7ClN4O3S/c1-5-2-7(12-16-5)13-17(14,15)6-3-10-8(9)11-4-6/h2-4H,1H3,(H,12,13). The molecular formula is C8H7ClN4O3S. The van der Waals surface area contributed by atoms with E-state index in [1.807, 2.05) is 0 Å². The summed E-state index contributed by atoms with van der Waals surface area (Å²) >= 11 is 5.46. The molecule has 2 rings (SSSR count). The molecule has 9 heteroatoms. The van der Waals surface area contributed by atoms with E-state index < -0.39 is 10.0 Å². The normalized spacial score (nSPS) is 11.4. The third kappa shape index (κ3) is 2.71. The van der Waals surface area contributed by atoms with Gasteiger partial charge in [-0.25, -0.2) is 18.4 Å². The highest BCUT2D eigenvalue weighted by molar-refractivity contribution is 7.92. The lowest BCUT2D eigenvalue weighted by Gasteiger charge is -2.03. The fourth-order valence-electron chi connectivity index (χ4n) is 1.05. The van der Waals surface area contributed by atoms with Crippen LogP contribution < -0.4 is 4.72 Å². The first kappa shape index (κ1) is 11.8. The van der Waals surface area contributed by atoms with Crippen molar-refractivity contribution in [3.05, 3.63) is 29.5 Å². The average Bonchev–Trinajstić information content (AvgIpc) is 2.63. The van der Waals surface area contributed by atoms with Gasteiger partial charge in [0.2, 0.25) is 5.28 Å². The number of nitrogens with zero attached hydrogens (tertiary/aromatic N) is 3. The molecule has 90 valence electrons. The zero-order valence-electron chi connectivity index (χ0n) is 8.58. The molecule has 0 aliphatic heterocycles. The minimum atomic E-state index is -3.77. The Hall–Kier alpha value is -1.67. The van der Waals surface area contributed by atoms with Gasteiger partial charge in [-0.2, -0.15) is 0 Å². The molecule has 0 bridgehead atoms. The van der Waals surface area contributed by atoms with Crippen LogP contribution in [0.2, 0.25) is 5.28 Å². The number of aromatic nitrogens is 3. The Morgan fingerprint density at radius 2 is 2.00 bits per heavy atom. The van der Waals surface area contributed by atoms with Crippen LogP contribution in [-0.4, -0.2) is 23.5 Å². The maximum atomic E-state index is 11.8. The third-order valence-corrected chi connectivity index (χ3v) is 3.28. The molecule has 2 aromatic rings. The van der Waals surface area contributed by atoms with Gasteiger partial charge in [0, 0.05) is 6.07 Å². The maximum absolute atomic E-state index is 11.8. The summed E-state index contributed by atoms with van der Waals surface area (Å²) in [6, 6.07) is 1.45. The van der Waals surface area contributed by atoms with Gasteiger partial charge in [-0.3, -0.25) is 4.72 Å². The summed E-state index contributed by atoms with van der Waals surface area (Å²) in [6.45, 7) is 1.65. The van der Waals surface area contributed by atoms with E-state index >= 15 is 0 Å². The van der Waals surface area contributed by atoms with Crippen molar-refractivity contribution in [2.24, 2.45) is 0 Å². The van der Waals surface area contributed by atoms with Crippen LogP contribution >= 0.6 is 11.6 Å². The summed E-state index contributed by atoms with van der Waals surface area (Å²) in [4.78, 5) is 7.06. The second-order valence-corrected chi connectivity index (χ2v) is 5.14. The Kier molecular flexibility index (Phi) is 2.99. The van der Waals surface area contributed by atoms with Crippen molar-refractivity contribution in [2.75, 3.05) is 4.72 Å². The Balaban J connectivity index is 2.28. The molecule has 0 saturated heterocycles. The van der Waals surface area contributed by atoms with Crippen LogP contribution in [0.1, 0.15) is 5.76 Å². The summed E-state index contributed by atoms with van der Waals surface area (Å²) < 4.78 is 30.6. The quantitative estimate of drug-likeness (QED) is 0.845. The van der Waals surface area contributed by atoms with Gasteiger partial charge in [-0.15, -0.1) is 0 Å². The van der Waals surface area contributed by atoms with Gasteiger partial charge in [0.1, 0.15) is 10.7 Å². The Labute approximate surface area is 102 Å². The second-order valence-electron chi connectivity index (χ2n) is 3.12. The molecule has 0 fully saturated rings.